The van der Waals surface area contributed by atoms with Gasteiger partial charge in [0.2, 0.25) is 0 Å². The van der Waals surface area contributed by atoms with Crippen molar-refractivity contribution in [2.24, 2.45) is 9.98 Å². The SMILES string of the molecule is COc1cccc(COC2=c3cc[nH]c3=NC=NC2)c1. The third kappa shape index (κ3) is 2.56. The number of benzene rings is 1. The van der Waals surface area contributed by atoms with Crippen molar-refractivity contribution < 1.29 is 9.47 Å². The van der Waals surface area contributed by atoms with Crippen molar-refractivity contribution in [1.29, 1.82) is 0 Å². The Hall–Kier alpha value is -2.56. The molecular formula is C15H15N3O2. The zero-order valence-corrected chi connectivity index (χ0v) is 11.2. The highest BCUT2D eigenvalue weighted by Crippen LogP contribution is 2.14. The molecule has 1 N–H and O–H groups in total. The maximum Gasteiger partial charge on any atom is 0.142 e. The molecule has 3 rings (SSSR count). The van der Waals surface area contributed by atoms with Crippen molar-refractivity contribution in [1.82, 2.24) is 4.98 Å². The Bertz CT molecular complexity index is 746. The molecular weight excluding hydrogens is 254 g/mol. The lowest BCUT2D eigenvalue weighted by Gasteiger charge is -2.09. The van der Waals surface area contributed by atoms with Crippen LogP contribution in [0.1, 0.15) is 5.56 Å². The van der Waals surface area contributed by atoms with Gasteiger partial charge >= 0.3 is 0 Å². The van der Waals surface area contributed by atoms with Gasteiger partial charge in [0.1, 0.15) is 29.9 Å². The van der Waals surface area contributed by atoms with Gasteiger partial charge in [-0.1, -0.05) is 12.1 Å². The average Bonchev–Trinajstić information content (AvgIpc) is 2.87. The quantitative estimate of drug-likeness (QED) is 0.900. The molecule has 0 bridgehead atoms. The molecule has 1 aromatic heterocycles. The molecule has 1 aromatic carbocycles. The first-order chi connectivity index (χ1) is 9.86. The standard InChI is InChI=1S/C15H15N3O2/c1-19-12-4-2-3-11(7-12)9-20-14-8-16-10-18-15-13(14)5-6-17-15/h2-7,10H,8-9H2,1H3,(H,16,17,18). The fourth-order valence-electron chi connectivity index (χ4n) is 2.06. The zero-order chi connectivity index (χ0) is 13.8. The van der Waals surface area contributed by atoms with Gasteiger partial charge in [0.15, 0.2) is 0 Å². The number of ether oxygens (including phenoxy) is 2. The first-order valence-electron chi connectivity index (χ1n) is 6.35. The van der Waals surface area contributed by atoms with E-state index in [0.717, 1.165) is 27.8 Å². The summed E-state index contributed by atoms with van der Waals surface area (Å²) in [5.74, 6) is 1.65. The van der Waals surface area contributed by atoms with Crippen LogP contribution in [0.2, 0.25) is 0 Å². The summed E-state index contributed by atoms with van der Waals surface area (Å²) in [7, 11) is 1.66. The highest BCUT2D eigenvalue weighted by molar-refractivity contribution is 5.58. The van der Waals surface area contributed by atoms with Crippen molar-refractivity contribution in [2.45, 2.75) is 6.61 Å². The monoisotopic (exact) mass is 269 g/mol. The highest BCUT2D eigenvalue weighted by atomic mass is 16.5. The van der Waals surface area contributed by atoms with Crippen molar-refractivity contribution in [3.63, 3.8) is 0 Å². The lowest BCUT2D eigenvalue weighted by Crippen LogP contribution is -2.26. The third-order valence-corrected chi connectivity index (χ3v) is 3.08. The first-order valence-corrected chi connectivity index (χ1v) is 6.35. The number of aromatic nitrogens is 1. The summed E-state index contributed by atoms with van der Waals surface area (Å²) < 4.78 is 11.1. The number of aliphatic imine (C=N–C) groups is 1. The predicted octanol–water partition coefficient (Wildman–Crippen LogP) is 1.01. The molecule has 102 valence electrons. The summed E-state index contributed by atoms with van der Waals surface area (Å²) in [5.41, 5.74) is 1.84. The van der Waals surface area contributed by atoms with E-state index in [1.807, 2.05) is 36.5 Å². The van der Waals surface area contributed by atoms with Crippen LogP contribution in [-0.2, 0) is 11.3 Å². The minimum Gasteiger partial charge on any atom is -0.497 e. The Balaban J connectivity index is 1.83. The molecule has 0 amide bonds. The van der Waals surface area contributed by atoms with Gasteiger partial charge in [-0.15, -0.1) is 0 Å². The average molecular weight is 269 g/mol. The van der Waals surface area contributed by atoms with Crippen molar-refractivity contribution in [3.8, 4) is 5.75 Å². The summed E-state index contributed by atoms with van der Waals surface area (Å²) in [4.78, 5) is 11.5. The number of aromatic amines is 1. The molecule has 0 aliphatic carbocycles. The van der Waals surface area contributed by atoms with E-state index in [1.165, 1.54) is 0 Å². The molecule has 1 aliphatic heterocycles. The Morgan fingerprint density at radius 1 is 1.30 bits per heavy atom. The summed E-state index contributed by atoms with van der Waals surface area (Å²) in [5, 5.41) is 0.963. The largest absolute Gasteiger partial charge is 0.497 e. The van der Waals surface area contributed by atoms with E-state index in [9.17, 15) is 0 Å². The molecule has 0 atom stereocenters. The smallest absolute Gasteiger partial charge is 0.142 e. The Labute approximate surface area is 116 Å². The van der Waals surface area contributed by atoms with Crippen LogP contribution in [0.15, 0.2) is 46.5 Å². The molecule has 5 heteroatoms. The molecule has 2 heterocycles. The van der Waals surface area contributed by atoms with E-state index >= 15 is 0 Å². The lowest BCUT2D eigenvalue weighted by molar-refractivity contribution is 0.253. The third-order valence-electron chi connectivity index (χ3n) is 3.08. The van der Waals surface area contributed by atoms with Crippen LogP contribution >= 0.6 is 0 Å². The van der Waals surface area contributed by atoms with Gasteiger partial charge in [-0.3, -0.25) is 4.99 Å². The fraction of sp³-hybridized carbons (Fsp3) is 0.200. The van der Waals surface area contributed by atoms with Gasteiger partial charge in [-0.05, 0) is 23.8 Å². The van der Waals surface area contributed by atoms with Crippen LogP contribution < -0.4 is 15.4 Å². The second kappa shape index (κ2) is 5.61. The van der Waals surface area contributed by atoms with Crippen molar-refractivity contribution >= 4 is 12.1 Å². The van der Waals surface area contributed by atoms with Crippen LogP contribution in [0.25, 0.3) is 5.76 Å². The first kappa shape index (κ1) is 12.5. The second-order valence-electron chi connectivity index (χ2n) is 4.39. The van der Waals surface area contributed by atoms with Crippen LogP contribution in [-0.4, -0.2) is 25.0 Å². The fourth-order valence-corrected chi connectivity index (χ4v) is 2.06. The van der Waals surface area contributed by atoms with Crippen LogP contribution in [0.3, 0.4) is 0 Å². The Morgan fingerprint density at radius 3 is 3.15 bits per heavy atom. The number of nitrogens with one attached hydrogen (secondary N) is 1. The molecule has 1 aliphatic rings. The van der Waals surface area contributed by atoms with E-state index in [1.54, 1.807) is 13.4 Å². The van der Waals surface area contributed by atoms with Crippen molar-refractivity contribution in [3.05, 3.63) is 52.8 Å². The number of hydrogen-bond acceptors (Lipinski definition) is 4. The van der Waals surface area contributed by atoms with Gasteiger partial charge in [-0.25, -0.2) is 4.99 Å². The lowest BCUT2D eigenvalue weighted by atomic mass is 10.2. The normalized spacial score (nSPS) is 13.3. The van der Waals surface area contributed by atoms with Crippen LogP contribution in [0.5, 0.6) is 5.75 Å². The van der Waals surface area contributed by atoms with E-state index in [0.29, 0.717) is 13.2 Å². The summed E-state index contributed by atoms with van der Waals surface area (Å²) in [6.45, 7) is 0.977. The van der Waals surface area contributed by atoms with Crippen molar-refractivity contribution in [2.75, 3.05) is 13.7 Å². The number of H-pyrrole nitrogens is 1. The number of fused-ring (bicyclic) bond motifs is 1. The minimum atomic E-state index is 0.479. The molecule has 0 fully saturated rings. The number of hydrogen-bond donors (Lipinski definition) is 1. The molecule has 0 radical (unpaired) electrons. The van der Waals surface area contributed by atoms with Gasteiger partial charge < -0.3 is 14.5 Å². The Morgan fingerprint density at radius 2 is 2.25 bits per heavy atom. The van der Waals surface area contributed by atoms with E-state index < -0.39 is 0 Å². The zero-order valence-electron chi connectivity index (χ0n) is 11.2. The van der Waals surface area contributed by atoms with E-state index in [2.05, 4.69) is 15.0 Å². The highest BCUT2D eigenvalue weighted by Gasteiger charge is 2.05. The maximum absolute atomic E-state index is 5.90. The van der Waals surface area contributed by atoms with Crippen LogP contribution in [0.4, 0.5) is 0 Å². The molecule has 0 saturated carbocycles. The summed E-state index contributed by atoms with van der Waals surface area (Å²) >= 11 is 0. The number of nitrogens with zero attached hydrogens (tertiary/aromatic N) is 2. The topological polar surface area (TPSA) is 59.0 Å². The second-order valence-corrected chi connectivity index (χ2v) is 4.39. The number of methoxy groups -OCH3 is 1. The molecule has 2 aromatic rings. The summed E-state index contributed by atoms with van der Waals surface area (Å²) in [6, 6.07) is 9.78. The van der Waals surface area contributed by atoms with Gasteiger partial charge in [0.25, 0.3) is 0 Å². The van der Waals surface area contributed by atoms with Gasteiger partial charge in [0, 0.05) is 6.20 Å². The molecule has 0 saturated heterocycles. The summed E-state index contributed by atoms with van der Waals surface area (Å²) in [6.07, 6.45) is 3.40. The van der Waals surface area contributed by atoms with E-state index in [4.69, 9.17) is 9.47 Å². The molecule has 20 heavy (non-hydrogen) atoms. The Kier molecular flexibility index (Phi) is 3.50. The van der Waals surface area contributed by atoms with Crippen LogP contribution in [0, 0.1) is 0 Å². The predicted molar refractivity (Wildman–Crippen MR) is 76.1 cm³/mol. The minimum absolute atomic E-state index is 0.479. The molecule has 0 spiro atoms. The molecule has 0 unspecified atom stereocenters. The molecule has 5 nitrogen and oxygen atoms in total. The van der Waals surface area contributed by atoms with Gasteiger partial charge in [-0.2, -0.15) is 0 Å². The maximum atomic E-state index is 5.90. The van der Waals surface area contributed by atoms with Gasteiger partial charge in [0.05, 0.1) is 18.9 Å². The van der Waals surface area contributed by atoms with E-state index in [-0.39, 0.29) is 0 Å². The number of rotatable bonds is 4.